The van der Waals surface area contributed by atoms with Gasteiger partial charge in [0, 0.05) is 6.07 Å². The number of amides is 1. The third-order valence-electron chi connectivity index (χ3n) is 4.94. The minimum absolute atomic E-state index is 0.00158. The van der Waals surface area contributed by atoms with Crippen LogP contribution < -0.4 is 16.6 Å². The highest BCUT2D eigenvalue weighted by atomic mass is 16.6. The van der Waals surface area contributed by atoms with Gasteiger partial charge < -0.3 is 14.7 Å². The van der Waals surface area contributed by atoms with Crippen LogP contribution in [-0.4, -0.2) is 35.1 Å². The van der Waals surface area contributed by atoms with Crippen molar-refractivity contribution >= 4 is 39.4 Å². The molecule has 0 radical (unpaired) electrons. The second-order valence-electron chi connectivity index (χ2n) is 6.95. The van der Waals surface area contributed by atoms with Crippen molar-refractivity contribution in [3.05, 3.63) is 86.0 Å². The lowest BCUT2D eigenvalue weighted by molar-refractivity contribution is -0.384. The normalized spacial score (nSPS) is 11.2. The summed E-state index contributed by atoms with van der Waals surface area (Å²) in [5.74, 6) is -1.37. The molecule has 0 atom stereocenters. The molecule has 3 heterocycles. The molecule has 0 spiro atoms. The number of nitro groups is 1. The molecule has 5 rings (SSSR count). The number of carbonyl (C=O) groups excluding carboxylic acids is 1. The zero-order valence-corrected chi connectivity index (χ0v) is 16.6. The largest absolute Gasteiger partial charge is 0.420 e. The lowest BCUT2D eigenvalue weighted by Gasteiger charge is -2.11. The molecule has 5 aromatic rings. The molecule has 0 saturated carbocycles. The number of H-pyrrole nitrogens is 1. The van der Waals surface area contributed by atoms with Crippen LogP contribution in [0.1, 0.15) is 0 Å². The molecule has 2 N–H and O–H groups in total. The standard InChI is InChI=1S/C20H13N7O6/c28-17(9-25-15-6-5-11(27(31)32)7-16(15)33-20(25)30)24-13-3-1-2-4-14(13)26-18-12(8-23-26)19(29)22-10-21-18/h1-8,10H,9H2,(H,24,28)(H,21,22,29). The summed E-state index contributed by atoms with van der Waals surface area (Å²) in [5, 5.41) is 18.1. The van der Waals surface area contributed by atoms with Crippen LogP contribution in [0.4, 0.5) is 11.4 Å². The number of nitrogens with one attached hydrogen (secondary N) is 2. The highest BCUT2D eigenvalue weighted by Crippen LogP contribution is 2.23. The lowest BCUT2D eigenvalue weighted by Crippen LogP contribution is -2.25. The Hall–Kier alpha value is -5.07. The Morgan fingerprint density at radius 2 is 2.03 bits per heavy atom. The fraction of sp³-hybridized carbons (Fsp3) is 0.0500. The van der Waals surface area contributed by atoms with Gasteiger partial charge in [0.2, 0.25) is 5.91 Å². The summed E-state index contributed by atoms with van der Waals surface area (Å²) in [4.78, 5) is 53.9. The summed E-state index contributed by atoms with van der Waals surface area (Å²) in [5.41, 5.74) is 0.793. The van der Waals surface area contributed by atoms with Crippen LogP contribution >= 0.6 is 0 Å². The first-order valence-electron chi connectivity index (χ1n) is 9.51. The number of nitro benzene ring substituents is 1. The molecule has 1 amide bonds. The second-order valence-corrected chi connectivity index (χ2v) is 6.95. The zero-order valence-electron chi connectivity index (χ0n) is 16.6. The van der Waals surface area contributed by atoms with Crippen LogP contribution in [0.15, 0.2) is 69.0 Å². The Balaban J connectivity index is 1.47. The molecule has 0 aliphatic carbocycles. The minimum Gasteiger partial charge on any atom is -0.407 e. The summed E-state index contributed by atoms with van der Waals surface area (Å²) < 4.78 is 7.54. The zero-order chi connectivity index (χ0) is 23.1. The summed E-state index contributed by atoms with van der Waals surface area (Å²) >= 11 is 0. The number of non-ortho nitro benzene ring substituents is 1. The molecule has 3 aromatic heterocycles. The SMILES string of the molecule is O=C(Cn1c(=O)oc2cc([N+](=O)[O-])ccc21)Nc1ccccc1-n1ncc2c(=O)[nH]cnc21. The molecule has 13 heteroatoms. The predicted molar refractivity (Wildman–Crippen MR) is 115 cm³/mol. The Bertz CT molecular complexity index is 1680. The van der Waals surface area contributed by atoms with Gasteiger partial charge in [0.1, 0.15) is 11.9 Å². The number of anilines is 1. The van der Waals surface area contributed by atoms with Crippen molar-refractivity contribution in [2.45, 2.75) is 6.54 Å². The van der Waals surface area contributed by atoms with Crippen LogP contribution in [-0.2, 0) is 11.3 Å². The third kappa shape index (κ3) is 3.42. The Morgan fingerprint density at radius 3 is 2.85 bits per heavy atom. The van der Waals surface area contributed by atoms with Gasteiger partial charge in [0.15, 0.2) is 11.2 Å². The number of hydrogen-bond acceptors (Lipinski definition) is 8. The number of para-hydroxylation sites is 2. The molecular weight excluding hydrogens is 434 g/mol. The quantitative estimate of drug-likeness (QED) is 0.302. The topological polar surface area (TPSA) is 171 Å². The van der Waals surface area contributed by atoms with Crippen molar-refractivity contribution in [2.75, 3.05) is 5.32 Å². The molecule has 2 aromatic carbocycles. The molecule has 0 unspecified atom stereocenters. The number of hydrogen-bond donors (Lipinski definition) is 2. The van der Waals surface area contributed by atoms with E-state index in [0.29, 0.717) is 17.0 Å². The van der Waals surface area contributed by atoms with E-state index in [9.17, 15) is 24.5 Å². The number of benzene rings is 2. The Morgan fingerprint density at radius 1 is 1.21 bits per heavy atom. The van der Waals surface area contributed by atoms with E-state index < -0.39 is 23.1 Å². The summed E-state index contributed by atoms with van der Waals surface area (Å²) in [6.45, 7) is -0.393. The monoisotopic (exact) mass is 447 g/mol. The maximum Gasteiger partial charge on any atom is 0.420 e. The second kappa shape index (κ2) is 7.56. The maximum absolute atomic E-state index is 12.8. The summed E-state index contributed by atoms with van der Waals surface area (Å²) in [6.07, 6.45) is 2.63. The van der Waals surface area contributed by atoms with E-state index >= 15 is 0 Å². The highest BCUT2D eigenvalue weighted by molar-refractivity contribution is 5.94. The van der Waals surface area contributed by atoms with E-state index in [0.717, 1.165) is 10.6 Å². The van der Waals surface area contributed by atoms with Gasteiger partial charge in [0.05, 0.1) is 40.4 Å². The number of oxazole rings is 1. The number of nitrogens with zero attached hydrogens (tertiary/aromatic N) is 5. The van der Waals surface area contributed by atoms with Crippen LogP contribution in [0.5, 0.6) is 0 Å². The van der Waals surface area contributed by atoms with Gasteiger partial charge in [-0.3, -0.25) is 24.3 Å². The Kier molecular flexibility index (Phi) is 4.55. The van der Waals surface area contributed by atoms with Crippen molar-refractivity contribution in [3.63, 3.8) is 0 Å². The van der Waals surface area contributed by atoms with Gasteiger partial charge in [0.25, 0.3) is 11.2 Å². The van der Waals surface area contributed by atoms with Gasteiger partial charge >= 0.3 is 5.76 Å². The maximum atomic E-state index is 12.8. The van der Waals surface area contributed by atoms with Crippen molar-refractivity contribution in [3.8, 4) is 5.69 Å². The average molecular weight is 447 g/mol. The van der Waals surface area contributed by atoms with Gasteiger partial charge in [-0.05, 0) is 18.2 Å². The highest BCUT2D eigenvalue weighted by Gasteiger charge is 2.18. The van der Waals surface area contributed by atoms with Gasteiger partial charge in [-0.1, -0.05) is 12.1 Å². The molecule has 0 bridgehead atoms. The number of rotatable bonds is 5. The lowest BCUT2D eigenvalue weighted by atomic mass is 10.2. The number of carbonyl (C=O) groups is 1. The molecule has 0 saturated heterocycles. The van der Waals surface area contributed by atoms with E-state index in [1.54, 1.807) is 24.3 Å². The fourth-order valence-corrected chi connectivity index (χ4v) is 3.45. The Labute approximate surface area is 182 Å². The average Bonchev–Trinajstić information content (AvgIpc) is 3.36. The van der Waals surface area contributed by atoms with E-state index in [4.69, 9.17) is 4.42 Å². The van der Waals surface area contributed by atoms with Crippen LogP contribution in [0.3, 0.4) is 0 Å². The molecule has 13 nitrogen and oxygen atoms in total. The van der Waals surface area contributed by atoms with E-state index in [1.807, 2.05) is 0 Å². The smallest absolute Gasteiger partial charge is 0.407 e. The van der Waals surface area contributed by atoms with E-state index in [1.165, 1.54) is 29.3 Å². The minimum atomic E-state index is -0.824. The van der Waals surface area contributed by atoms with Gasteiger partial charge in [-0.25, -0.2) is 14.5 Å². The van der Waals surface area contributed by atoms with Gasteiger partial charge in [-0.15, -0.1) is 0 Å². The molecule has 0 aliphatic rings. The molecular formula is C20H13N7O6. The van der Waals surface area contributed by atoms with Crippen molar-refractivity contribution in [2.24, 2.45) is 0 Å². The van der Waals surface area contributed by atoms with Crippen LogP contribution in [0, 0.1) is 10.1 Å². The molecule has 0 aliphatic heterocycles. The van der Waals surface area contributed by atoms with Crippen LogP contribution in [0.25, 0.3) is 27.8 Å². The molecule has 0 fully saturated rings. The first kappa shape index (κ1) is 19.9. The van der Waals surface area contributed by atoms with Crippen molar-refractivity contribution in [1.29, 1.82) is 0 Å². The summed E-state index contributed by atoms with van der Waals surface area (Å²) in [7, 11) is 0. The van der Waals surface area contributed by atoms with Gasteiger partial charge in [-0.2, -0.15) is 5.10 Å². The molecule has 33 heavy (non-hydrogen) atoms. The first-order valence-corrected chi connectivity index (χ1v) is 9.51. The molecule has 164 valence electrons. The fourth-order valence-electron chi connectivity index (χ4n) is 3.45. The van der Waals surface area contributed by atoms with E-state index in [2.05, 4.69) is 20.4 Å². The first-order chi connectivity index (χ1) is 15.9. The predicted octanol–water partition coefficient (Wildman–Crippen LogP) is 1.56. The third-order valence-corrected chi connectivity index (χ3v) is 4.94. The van der Waals surface area contributed by atoms with Crippen LogP contribution in [0.2, 0.25) is 0 Å². The van der Waals surface area contributed by atoms with Crippen molar-refractivity contribution in [1.82, 2.24) is 24.3 Å². The number of aromatic nitrogens is 5. The number of aromatic amines is 1. The number of fused-ring (bicyclic) bond motifs is 2. The summed E-state index contributed by atoms with van der Waals surface area (Å²) in [6, 6.07) is 10.4. The van der Waals surface area contributed by atoms with Crippen molar-refractivity contribution < 1.29 is 14.1 Å². The van der Waals surface area contributed by atoms with E-state index in [-0.39, 0.29) is 27.7 Å².